The van der Waals surface area contributed by atoms with E-state index in [2.05, 4.69) is 11.4 Å². The maximum atomic E-state index is 13.4. The van der Waals surface area contributed by atoms with Crippen molar-refractivity contribution in [3.05, 3.63) is 51.7 Å². The molecule has 1 aromatic heterocycles. The van der Waals surface area contributed by atoms with Crippen LogP contribution in [0.1, 0.15) is 49.2 Å². The van der Waals surface area contributed by atoms with Crippen LogP contribution in [0.3, 0.4) is 0 Å². The van der Waals surface area contributed by atoms with E-state index in [0.717, 1.165) is 24.2 Å². The maximum Gasteiger partial charge on any atom is 0.242 e. The molecule has 0 bridgehead atoms. The Hall–Kier alpha value is -2.34. The van der Waals surface area contributed by atoms with Crippen molar-refractivity contribution in [3.8, 4) is 5.75 Å². The third-order valence-corrected chi connectivity index (χ3v) is 6.34. The number of hydrogen-bond donors (Lipinski definition) is 0. The van der Waals surface area contributed by atoms with Gasteiger partial charge in [0.05, 0.1) is 19.7 Å². The van der Waals surface area contributed by atoms with Crippen molar-refractivity contribution < 1.29 is 14.3 Å². The lowest BCUT2D eigenvalue weighted by atomic mass is 9.93. The fraction of sp³-hybridized carbons (Fsp3) is 0.478. The van der Waals surface area contributed by atoms with Gasteiger partial charge in [0.2, 0.25) is 11.8 Å². The van der Waals surface area contributed by atoms with Gasteiger partial charge in [0.15, 0.2) is 0 Å². The van der Waals surface area contributed by atoms with E-state index in [-0.39, 0.29) is 30.3 Å². The summed E-state index contributed by atoms with van der Waals surface area (Å²) in [4.78, 5) is 30.9. The van der Waals surface area contributed by atoms with E-state index in [1.165, 1.54) is 10.4 Å². The molecular formula is C23H30N2O3S. The second kappa shape index (κ2) is 9.44. The highest BCUT2D eigenvalue weighted by Crippen LogP contribution is 2.38. The second-order valence-electron chi connectivity index (χ2n) is 7.73. The highest BCUT2D eigenvalue weighted by molar-refractivity contribution is 7.10. The Morgan fingerprint density at radius 3 is 2.59 bits per heavy atom. The highest BCUT2D eigenvalue weighted by Gasteiger charge is 2.34. The lowest BCUT2D eigenvalue weighted by Crippen LogP contribution is -2.47. The van der Waals surface area contributed by atoms with Gasteiger partial charge in [-0.1, -0.05) is 32.9 Å². The summed E-state index contributed by atoms with van der Waals surface area (Å²) in [5, 5.41) is 2.10. The lowest BCUT2D eigenvalue weighted by molar-refractivity contribution is -0.143. The van der Waals surface area contributed by atoms with Gasteiger partial charge in [0.25, 0.3) is 0 Å². The molecule has 2 amide bonds. The van der Waals surface area contributed by atoms with Gasteiger partial charge in [0, 0.05) is 23.9 Å². The predicted molar refractivity (Wildman–Crippen MR) is 116 cm³/mol. The molecule has 29 heavy (non-hydrogen) atoms. The molecule has 0 N–H and O–H groups in total. The molecule has 5 nitrogen and oxygen atoms in total. The molecule has 1 aromatic carbocycles. The van der Waals surface area contributed by atoms with Gasteiger partial charge >= 0.3 is 0 Å². The molecule has 0 fully saturated rings. The van der Waals surface area contributed by atoms with Crippen molar-refractivity contribution in [1.82, 2.24) is 9.80 Å². The van der Waals surface area contributed by atoms with E-state index in [9.17, 15) is 9.59 Å². The molecule has 0 radical (unpaired) electrons. The average molecular weight is 415 g/mol. The normalized spacial score (nSPS) is 15.9. The van der Waals surface area contributed by atoms with E-state index in [1.807, 2.05) is 49.9 Å². The van der Waals surface area contributed by atoms with E-state index >= 15 is 0 Å². The fourth-order valence-corrected chi connectivity index (χ4v) is 4.79. The molecule has 6 heteroatoms. The average Bonchev–Trinajstić information content (AvgIpc) is 3.21. The number of ether oxygens (including phenoxy) is 1. The van der Waals surface area contributed by atoms with Gasteiger partial charge in [-0.2, -0.15) is 0 Å². The monoisotopic (exact) mass is 414 g/mol. The minimum absolute atomic E-state index is 0.00474. The lowest BCUT2D eigenvalue weighted by Gasteiger charge is -2.38. The van der Waals surface area contributed by atoms with Gasteiger partial charge in [-0.05, 0) is 47.5 Å². The predicted octanol–water partition coefficient (Wildman–Crippen LogP) is 4.13. The molecule has 2 heterocycles. The summed E-state index contributed by atoms with van der Waals surface area (Å²) in [6.45, 7) is 7.20. The molecule has 1 aliphatic rings. The Kier molecular flexibility index (Phi) is 6.96. The van der Waals surface area contributed by atoms with E-state index in [4.69, 9.17) is 4.74 Å². The van der Waals surface area contributed by atoms with Crippen LogP contribution < -0.4 is 4.74 Å². The number of benzene rings is 1. The summed E-state index contributed by atoms with van der Waals surface area (Å²) in [5.41, 5.74) is 2.26. The van der Waals surface area contributed by atoms with E-state index in [0.29, 0.717) is 13.1 Å². The Morgan fingerprint density at radius 1 is 1.24 bits per heavy atom. The van der Waals surface area contributed by atoms with Crippen LogP contribution in [0.15, 0.2) is 35.7 Å². The number of methoxy groups -OCH3 is 1. The summed E-state index contributed by atoms with van der Waals surface area (Å²) in [6.07, 6.45) is 1.69. The summed E-state index contributed by atoms with van der Waals surface area (Å²) < 4.78 is 5.29. The number of nitrogens with zero attached hydrogens (tertiary/aromatic N) is 2. The zero-order valence-corrected chi connectivity index (χ0v) is 18.5. The zero-order chi connectivity index (χ0) is 21.0. The van der Waals surface area contributed by atoms with Crippen LogP contribution in [0.2, 0.25) is 0 Å². The zero-order valence-electron chi connectivity index (χ0n) is 17.7. The molecular weight excluding hydrogens is 384 g/mol. The number of thiophene rings is 1. The van der Waals surface area contributed by atoms with Crippen molar-refractivity contribution >= 4 is 23.2 Å². The van der Waals surface area contributed by atoms with Gasteiger partial charge in [-0.25, -0.2) is 0 Å². The van der Waals surface area contributed by atoms with Crippen LogP contribution in [0.5, 0.6) is 5.75 Å². The van der Waals surface area contributed by atoms with Crippen molar-refractivity contribution in [2.45, 2.75) is 39.7 Å². The molecule has 1 atom stereocenters. The standard InChI is InChI=1S/C23H30N2O3S/c1-5-12-24(23(27)16(2)3)15-21(26)25-13-10-20-19(11-14-29-20)22(25)17-6-8-18(28-4)9-7-17/h6-9,11,14,16,22H,5,10,12-13,15H2,1-4H3/t22-/m0/s1. The SMILES string of the molecule is CCCN(CC(=O)N1CCc2sccc2[C@@H]1c1ccc(OC)cc1)C(=O)C(C)C. The van der Waals surface area contributed by atoms with Crippen molar-refractivity contribution in [3.63, 3.8) is 0 Å². The van der Waals surface area contributed by atoms with Crippen LogP contribution >= 0.6 is 11.3 Å². The molecule has 2 aromatic rings. The van der Waals surface area contributed by atoms with Crippen molar-refractivity contribution in [2.24, 2.45) is 5.92 Å². The Morgan fingerprint density at radius 2 is 1.97 bits per heavy atom. The van der Waals surface area contributed by atoms with E-state index < -0.39 is 0 Å². The number of carbonyl (C=O) groups excluding carboxylic acids is 2. The van der Waals surface area contributed by atoms with Crippen LogP contribution in [-0.4, -0.2) is 48.4 Å². The topological polar surface area (TPSA) is 49.9 Å². The Bertz CT molecular complexity index is 844. The number of fused-ring (bicyclic) bond motifs is 1. The van der Waals surface area contributed by atoms with Gasteiger partial charge in [0.1, 0.15) is 5.75 Å². The quantitative estimate of drug-likeness (QED) is 0.685. The highest BCUT2D eigenvalue weighted by atomic mass is 32.1. The first-order chi connectivity index (χ1) is 14.0. The number of hydrogen-bond acceptors (Lipinski definition) is 4. The van der Waals surface area contributed by atoms with Gasteiger partial charge in [-0.15, -0.1) is 11.3 Å². The van der Waals surface area contributed by atoms with E-state index in [1.54, 1.807) is 23.3 Å². The molecule has 156 valence electrons. The Balaban J connectivity index is 1.89. The van der Waals surface area contributed by atoms with Crippen molar-refractivity contribution in [1.29, 1.82) is 0 Å². The van der Waals surface area contributed by atoms with Crippen molar-refractivity contribution in [2.75, 3.05) is 26.7 Å². The van der Waals surface area contributed by atoms with Crippen LogP contribution in [-0.2, 0) is 16.0 Å². The maximum absolute atomic E-state index is 13.4. The minimum atomic E-state index is -0.124. The molecule has 0 saturated heterocycles. The molecule has 0 spiro atoms. The number of carbonyl (C=O) groups is 2. The fourth-order valence-electron chi connectivity index (χ4n) is 3.89. The molecule has 1 aliphatic heterocycles. The summed E-state index contributed by atoms with van der Waals surface area (Å²) in [5.74, 6) is 0.723. The smallest absolute Gasteiger partial charge is 0.242 e. The first-order valence-electron chi connectivity index (χ1n) is 10.2. The third kappa shape index (κ3) is 4.64. The minimum Gasteiger partial charge on any atom is -0.497 e. The largest absolute Gasteiger partial charge is 0.497 e. The van der Waals surface area contributed by atoms with Gasteiger partial charge in [-0.3, -0.25) is 9.59 Å². The first-order valence-corrected chi connectivity index (χ1v) is 11.1. The van der Waals surface area contributed by atoms with Crippen LogP contribution in [0, 0.1) is 5.92 Å². The summed E-state index contributed by atoms with van der Waals surface area (Å²) in [6, 6.07) is 9.92. The summed E-state index contributed by atoms with van der Waals surface area (Å²) >= 11 is 1.75. The molecule has 0 aliphatic carbocycles. The Labute approximate surface area is 177 Å². The summed E-state index contributed by atoms with van der Waals surface area (Å²) in [7, 11) is 1.65. The van der Waals surface area contributed by atoms with Gasteiger partial charge < -0.3 is 14.5 Å². The molecule has 3 rings (SSSR count). The van der Waals surface area contributed by atoms with Crippen LogP contribution in [0.25, 0.3) is 0 Å². The second-order valence-corrected chi connectivity index (χ2v) is 8.73. The molecule has 0 unspecified atom stereocenters. The molecule has 0 saturated carbocycles. The first kappa shape index (κ1) is 21.4. The van der Waals surface area contributed by atoms with Crippen LogP contribution in [0.4, 0.5) is 0 Å². The third-order valence-electron chi connectivity index (χ3n) is 5.34. The number of rotatable bonds is 7. The number of amides is 2.